The van der Waals surface area contributed by atoms with Crippen molar-refractivity contribution in [3.8, 4) is 0 Å². The summed E-state index contributed by atoms with van der Waals surface area (Å²) >= 11 is 12.6. The smallest absolute Gasteiger partial charge is 0.258 e. The molecule has 2 heterocycles. The van der Waals surface area contributed by atoms with Crippen molar-refractivity contribution in [2.75, 3.05) is 10.6 Å². The summed E-state index contributed by atoms with van der Waals surface area (Å²) in [7, 11) is 0. The summed E-state index contributed by atoms with van der Waals surface area (Å²) in [4.78, 5) is 17.3. The van der Waals surface area contributed by atoms with E-state index in [2.05, 4.69) is 20.7 Å². The molecule has 1 aromatic heterocycles. The van der Waals surface area contributed by atoms with Crippen LogP contribution < -0.4 is 10.6 Å². The second-order valence-electron chi connectivity index (χ2n) is 7.71. The lowest BCUT2D eigenvalue weighted by Gasteiger charge is -2.24. The number of rotatable bonds is 4. The number of anilines is 2. The molecule has 1 unspecified atom stereocenters. The summed E-state index contributed by atoms with van der Waals surface area (Å²) in [5, 5.41) is 11.9. The molecule has 2 N–H and O–H groups in total. The second-order valence-corrected chi connectivity index (χ2v) is 8.55. The number of nitrogens with zero attached hydrogens (tertiary/aromatic N) is 3. The Morgan fingerprint density at radius 3 is 2.58 bits per heavy atom. The van der Waals surface area contributed by atoms with Crippen molar-refractivity contribution in [2.45, 2.75) is 13.0 Å². The van der Waals surface area contributed by atoms with Crippen molar-refractivity contribution >= 4 is 46.7 Å². The number of amides is 1. The third-order valence-electron chi connectivity index (χ3n) is 5.35. The number of carbonyl (C=O) groups excluding carboxylic acids is 1. The Bertz CT molecular complexity index is 1380. The molecule has 3 aromatic carbocycles. The van der Waals surface area contributed by atoms with E-state index in [9.17, 15) is 4.79 Å². The highest BCUT2D eigenvalue weighted by molar-refractivity contribution is 6.31. The van der Waals surface area contributed by atoms with Crippen molar-refractivity contribution in [2.24, 2.45) is 0 Å². The average Bonchev–Trinajstić information content (AvgIpc) is 3.21. The molecule has 0 spiro atoms. The van der Waals surface area contributed by atoms with Gasteiger partial charge in [-0.05, 0) is 54.5 Å². The van der Waals surface area contributed by atoms with Gasteiger partial charge in [-0.15, -0.1) is 5.10 Å². The van der Waals surface area contributed by atoms with Crippen LogP contribution in [0.4, 0.5) is 11.9 Å². The van der Waals surface area contributed by atoms with Gasteiger partial charge in [0.1, 0.15) is 6.04 Å². The molecule has 0 radical (unpaired) electrons. The van der Waals surface area contributed by atoms with Gasteiger partial charge in [0, 0.05) is 21.3 Å². The molecule has 1 aliphatic rings. The molecule has 0 aliphatic carbocycles. The van der Waals surface area contributed by atoms with Crippen molar-refractivity contribution in [3.05, 3.63) is 111 Å². The molecule has 0 bridgehead atoms. The number of allylic oxidation sites excluding steroid dienone is 1. The van der Waals surface area contributed by atoms with Crippen LogP contribution in [-0.2, 0) is 0 Å². The predicted octanol–water partition coefficient (Wildman–Crippen LogP) is 6.20. The van der Waals surface area contributed by atoms with Crippen LogP contribution in [0.25, 0.3) is 5.70 Å². The summed E-state index contributed by atoms with van der Waals surface area (Å²) in [6.07, 6.45) is 2.03. The minimum atomic E-state index is -0.322. The fourth-order valence-electron chi connectivity index (χ4n) is 3.74. The van der Waals surface area contributed by atoms with Crippen LogP contribution in [0.5, 0.6) is 0 Å². The number of nitrogens with one attached hydrogen (secondary N) is 2. The molecule has 1 amide bonds. The second kappa shape index (κ2) is 8.73. The van der Waals surface area contributed by atoms with Gasteiger partial charge >= 0.3 is 0 Å². The lowest BCUT2D eigenvalue weighted by atomic mass is 10.0. The number of fused-ring (bicyclic) bond motifs is 1. The van der Waals surface area contributed by atoms with Crippen molar-refractivity contribution < 1.29 is 4.79 Å². The Kier molecular flexibility index (Phi) is 5.62. The predicted molar refractivity (Wildman–Crippen MR) is 132 cm³/mol. The first-order chi connectivity index (χ1) is 16.0. The molecular weight excluding hydrogens is 457 g/mol. The fourth-order valence-corrected chi connectivity index (χ4v) is 4.11. The largest absolute Gasteiger partial charge is 0.324 e. The van der Waals surface area contributed by atoms with E-state index >= 15 is 0 Å². The molecule has 0 saturated carbocycles. The van der Waals surface area contributed by atoms with Gasteiger partial charge in [0.15, 0.2) is 0 Å². The Labute approximate surface area is 200 Å². The Balaban J connectivity index is 1.53. The topological polar surface area (TPSA) is 71.8 Å². The zero-order chi connectivity index (χ0) is 22.9. The number of hydrogen-bond acceptors (Lipinski definition) is 4. The molecule has 1 atom stereocenters. The van der Waals surface area contributed by atoms with Gasteiger partial charge in [-0.3, -0.25) is 10.1 Å². The van der Waals surface area contributed by atoms with Gasteiger partial charge < -0.3 is 5.32 Å². The minimum Gasteiger partial charge on any atom is -0.324 e. The van der Waals surface area contributed by atoms with E-state index in [1.807, 2.05) is 79.7 Å². The van der Waals surface area contributed by atoms with Crippen LogP contribution in [0.1, 0.15) is 33.1 Å². The van der Waals surface area contributed by atoms with Crippen LogP contribution in [0, 0.1) is 6.92 Å². The third kappa shape index (κ3) is 4.35. The van der Waals surface area contributed by atoms with Gasteiger partial charge in [0.25, 0.3) is 11.9 Å². The van der Waals surface area contributed by atoms with E-state index in [4.69, 9.17) is 23.2 Å². The molecule has 0 saturated heterocycles. The van der Waals surface area contributed by atoms with Crippen molar-refractivity contribution in [1.82, 2.24) is 14.8 Å². The first-order valence-corrected chi connectivity index (χ1v) is 11.1. The van der Waals surface area contributed by atoms with Gasteiger partial charge in [-0.1, -0.05) is 71.2 Å². The first-order valence-electron chi connectivity index (χ1n) is 10.3. The molecule has 164 valence electrons. The first kappa shape index (κ1) is 21.2. The van der Waals surface area contributed by atoms with Crippen molar-refractivity contribution in [1.29, 1.82) is 0 Å². The maximum atomic E-state index is 12.7. The van der Waals surface area contributed by atoms with E-state index in [0.717, 1.165) is 22.4 Å². The standard InChI is InChI=1S/C25H19Cl2N5O/c1-15-5-4-6-17(13-15)23(33)29-24-30-25-28-21(16-9-11-18(26)12-10-16)14-22(32(25)31-24)19-7-2-3-8-20(19)27/h2-14,22H,1H3,(H2,28,29,30,31,33). The zero-order valence-electron chi connectivity index (χ0n) is 17.6. The number of aryl methyl sites for hydroxylation is 1. The van der Waals surface area contributed by atoms with E-state index in [1.54, 1.807) is 10.7 Å². The van der Waals surface area contributed by atoms with E-state index < -0.39 is 0 Å². The number of aromatic nitrogens is 3. The molecule has 8 heteroatoms. The van der Waals surface area contributed by atoms with E-state index in [-0.39, 0.29) is 17.9 Å². The van der Waals surface area contributed by atoms with E-state index in [1.165, 1.54) is 0 Å². The molecule has 33 heavy (non-hydrogen) atoms. The maximum absolute atomic E-state index is 12.7. The lowest BCUT2D eigenvalue weighted by molar-refractivity contribution is 0.102. The Hall–Kier alpha value is -3.61. The summed E-state index contributed by atoms with van der Waals surface area (Å²) in [6, 6.07) is 22.1. The molecule has 4 aromatic rings. The number of benzene rings is 3. The number of halogens is 2. The number of hydrogen-bond donors (Lipinski definition) is 2. The van der Waals surface area contributed by atoms with Gasteiger partial charge in [0.2, 0.25) is 5.95 Å². The van der Waals surface area contributed by atoms with Crippen LogP contribution in [0.15, 0.2) is 78.9 Å². The lowest BCUT2D eigenvalue weighted by Crippen LogP contribution is -2.20. The number of carbonyl (C=O) groups is 1. The summed E-state index contributed by atoms with van der Waals surface area (Å²) < 4.78 is 1.71. The molecule has 0 fully saturated rings. The quantitative estimate of drug-likeness (QED) is 0.368. The minimum absolute atomic E-state index is 0.201. The Morgan fingerprint density at radius 1 is 1.03 bits per heavy atom. The normalized spacial score (nSPS) is 14.8. The SMILES string of the molecule is Cc1cccc(C(=O)Nc2nc3n(n2)C(c2ccccc2Cl)C=C(c2ccc(Cl)cc2)N3)c1. The highest BCUT2D eigenvalue weighted by Gasteiger charge is 2.27. The summed E-state index contributed by atoms with van der Waals surface area (Å²) in [5.74, 6) is 0.417. The van der Waals surface area contributed by atoms with Crippen LogP contribution in [0.3, 0.4) is 0 Å². The van der Waals surface area contributed by atoms with Crippen LogP contribution in [-0.4, -0.2) is 20.7 Å². The fraction of sp³-hybridized carbons (Fsp3) is 0.0800. The van der Waals surface area contributed by atoms with Crippen molar-refractivity contribution in [3.63, 3.8) is 0 Å². The molecular formula is C25H19Cl2N5O. The van der Waals surface area contributed by atoms with Crippen LogP contribution in [0.2, 0.25) is 10.0 Å². The Morgan fingerprint density at radius 2 is 1.82 bits per heavy atom. The highest BCUT2D eigenvalue weighted by atomic mass is 35.5. The third-order valence-corrected chi connectivity index (χ3v) is 5.95. The maximum Gasteiger partial charge on any atom is 0.258 e. The summed E-state index contributed by atoms with van der Waals surface area (Å²) in [5.41, 5.74) is 4.19. The van der Waals surface area contributed by atoms with Gasteiger partial charge in [-0.25, -0.2) is 4.68 Å². The van der Waals surface area contributed by atoms with Crippen LogP contribution >= 0.6 is 23.2 Å². The van der Waals surface area contributed by atoms with Gasteiger partial charge in [0.05, 0.1) is 0 Å². The molecule has 6 nitrogen and oxygen atoms in total. The highest BCUT2D eigenvalue weighted by Crippen LogP contribution is 2.36. The average molecular weight is 476 g/mol. The van der Waals surface area contributed by atoms with E-state index in [0.29, 0.717) is 21.6 Å². The molecule has 5 rings (SSSR count). The zero-order valence-corrected chi connectivity index (χ0v) is 19.1. The summed E-state index contributed by atoms with van der Waals surface area (Å²) in [6.45, 7) is 1.94. The molecule has 1 aliphatic heterocycles. The monoisotopic (exact) mass is 475 g/mol. The van der Waals surface area contributed by atoms with Gasteiger partial charge in [-0.2, -0.15) is 4.98 Å².